The first-order chi connectivity index (χ1) is 10.2. The molecule has 1 aliphatic rings. The molecule has 0 atom stereocenters. The van der Waals surface area contributed by atoms with Gasteiger partial charge in [0.25, 0.3) is 5.91 Å². The molecular formula is C13H13N7O. The molecule has 8 heteroatoms. The monoisotopic (exact) mass is 283 g/mol. The number of fused-ring (bicyclic) bond motifs is 1. The molecule has 1 aliphatic heterocycles. The van der Waals surface area contributed by atoms with Gasteiger partial charge in [-0.25, -0.2) is 14.6 Å². The van der Waals surface area contributed by atoms with Gasteiger partial charge in [-0.05, 0) is 13.0 Å². The van der Waals surface area contributed by atoms with E-state index in [1.54, 1.807) is 28.0 Å². The van der Waals surface area contributed by atoms with Crippen LogP contribution in [-0.2, 0) is 0 Å². The molecule has 1 saturated heterocycles. The van der Waals surface area contributed by atoms with Crippen molar-refractivity contribution in [3.05, 3.63) is 36.0 Å². The molecular weight excluding hydrogens is 270 g/mol. The standard InChI is InChI=1S/C13H13N7O/c1-8-16-11-10(2-3-14-12(11)17-8)13(21)19-6-9(7-19)20-5-4-15-18-20/h2-5,9H,6-7H2,1H3,(H,14,16,17). The third kappa shape index (κ3) is 1.87. The summed E-state index contributed by atoms with van der Waals surface area (Å²) in [6.45, 7) is 3.12. The summed E-state index contributed by atoms with van der Waals surface area (Å²) in [4.78, 5) is 25.9. The van der Waals surface area contributed by atoms with Gasteiger partial charge in [-0.1, -0.05) is 5.21 Å². The van der Waals surface area contributed by atoms with Gasteiger partial charge < -0.3 is 9.88 Å². The van der Waals surface area contributed by atoms with Crippen LogP contribution in [-0.4, -0.2) is 53.8 Å². The minimum Gasteiger partial charge on any atom is -0.340 e. The van der Waals surface area contributed by atoms with E-state index in [4.69, 9.17) is 0 Å². The van der Waals surface area contributed by atoms with E-state index in [0.29, 0.717) is 29.8 Å². The van der Waals surface area contributed by atoms with Gasteiger partial charge in [0.1, 0.15) is 5.82 Å². The summed E-state index contributed by atoms with van der Waals surface area (Å²) in [7, 11) is 0. The van der Waals surface area contributed by atoms with E-state index in [1.165, 1.54) is 0 Å². The van der Waals surface area contributed by atoms with Gasteiger partial charge in [-0.15, -0.1) is 5.10 Å². The number of aromatic nitrogens is 6. The highest BCUT2D eigenvalue weighted by molar-refractivity contribution is 6.04. The topological polar surface area (TPSA) is 92.6 Å². The van der Waals surface area contributed by atoms with E-state index < -0.39 is 0 Å². The van der Waals surface area contributed by atoms with Crippen molar-refractivity contribution in [2.45, 2.75) is 13.0 Å². The van der Waals surface area contributed by atoms with Crippen LogP contribution < -0.4 is 0 Å². The van der Waals surface area contributed by atoms with E-state index in [0.717, 1.165) is 5.82 Å². The van der Waals surface area contributed by atoms with Gasteiger partial charge in [0.15, 0.2) is 5.65 Å². The van der Waals surface area contributed by atoms with Crippen LogP contribution in [0.1, 0.15) is 22.2 Å². The Labute approximate surface area is 119 Å². The Morgan fingerprint density at radius 1 is 1.38 bits per heavy atom. The number of carbonyl (C=O) groups is 1. The maximum atomic E-state index is 12.6. The van der Waals surface area contributed by atoms with Gasteiger partial charge in [-0.3, -0.25) is 4.79 Å². The predicted octanol–water partition coefficient (Wildman–Crippen LogP) is 0.555. The van der Waals surface area contributed by atoms with Crippen molar-refractivity contribution < 1.29 is 4.79 Å². The average molecular weight is 283 g/mol. The SMILES string of the molecule is Cc1nc2nccc(C(=O)N3CC(n4ccnn4)C3)c2[nH]1. The number of rotatable bonds is 2. The highest BCUT2D eigenvalue weighted by Gasteiger charge is 2.33. The number of pyridine rings is 1. The van der Waals surface area contributed by atoms with Crippen molar-refractivity contribution in [2.75, 3.05) is 13.1 Å². The van der Waals surface area contributed by atoms with Crippen LogP contribution in [0.25, 0.3) is 11.2 Å². The second-order valence-corrected chi connectivity index (χ2v) is 5.13. The number of amides is 1. The summed E-state index contributed by atoms with van der Waals surface area (Å²) in [5.74, 6) is 0.740. The molecule has 0 saturated carbocycles. The second-order valence-electron chi connectivity index (χ2n) is 5.13. The average Bonchev–Trinajstić information content (AvgIpc) is 3.04. The molecule has 0 spiro atoms. The summed E-state index contributed by atoms with van der Waals surface area (Å²) < 4.78 is 1.78. The predicted molar refractivity (Wildman–Crippen MR) is 73.6 cm³/mol. The zero-order chi connectivity index (χ0) is 14.4. The van der Waals surface area contributed by atoms with E-state index in [-0.39, 0.29) is 11.9 Å². The Morgan fingerprint density at radius 3 is 3.00 bits per heavy atom. The first-order valence-electron chi connectivity index (χ1n) is 6.69. The molecule has 0 unspecified atom stereocenters. The van der Waals surface area contributed by atoms with Crippen LogP contribution in [0.3, 0.4) is 0 Å². The molecule has 4 heterocycles. The van der Waals surface area contributed by atoms with Crippen LogP contribution in [0.15, 0.2) is 24.7 Å². The summed E-state index contributed by atoms with van der Waals surface area (Å²) in [6, 6.07) is 1.93. The molecule has 3 aromatic heterocycles. The minimum atomic E-state index is -0.0117. The Kier molecular flexibility index (Phi) is 2.50. The summed E-state index contributed by atoms with van der Waals surface area (Å²) in [5.41, 5.74) is 1.88. The van der Waals surface area contributed by atoms with Crippen molar-refractivity contribution >= 4 is 17.1 Å². The smallest absolute Gasteiger partial charge is 0.256 e. The fourth-order valence-electron chi connectivity index (χ4n) is 2.58. The number of imidazole rings is 1. The van der Waals surface area contributed by atoms with Crippen LogP contribution >= 0.6 is 0 Å². The number of carbonyl (C=O) groups excluding carboxylic acids is 1. The van der Waals surface area contributed by atoms with Crippen molar-refractivity contribution in [3.8, 4) is 0 Å². The molecule has 8 nitrogen and oxygen atoms in total. The molecule has 1 fully saturated rings. The molecule has 1 amide bonds. The largest absolute Gasteiger partial charge is 0.340 e. The van der Waals surface area contributed by atoms with Gasteiger partial charge in [0.2, 0.25) is 0 Å². The van der Waals surface area contributed by atoms with Gasteiger partial charge in [0.05, 0.1) is 23.3 Å². The minimum absolute atomic E-state index is 0.0117. The van der Waals surface area contributed by atoms with Crippen molar-refractivity contribution in [3.63, 3.8) is 0 Å². The zero-order valence-electron chi connectivity index (χ0n) is 11.4. The van der Waals surface area contributed by atoms with Crippen molar-refractivity contribution in [1.82, 2.24) is 34.8 Å². The van der Waals surface area contributed by atoms with Crippen LogP contribution in [0, 0.1) is 6.92 Å². The van der Waals surface area contributed by atoms with Gasteiger partial charge >= 0.3 is 0 Å². The normalized spacial score (nSPS) is 15.4. The van der Waals surface area contributed by atoms with Crippen LogP contribution in [0.2, 0.25) is 0 Å². The molecule has 1 N–H and O–H groups in total. The maximum absolute atomic E-state index is 12.6. The number of H-pyrrole nitrogens is 1. The van der Waals surface area contributed by atoms with Gasteiger partial charge in [0, 0.05) is 25.5 Å². The van der Waals surface area contributed by atoms with E-state index in [2.05, 4.69) is 25.3 Å². The molecule has 21 heavy (non-hydrogen) atoms. The number of aryl methyl sites for hydroxylation is 1. The number of likely N-dealkylation sites (tertiary alicyclic amines) is 1. The molecule has 106 valence electrons. The number of hydrogen-bond donors (Lipinski definition) is 1. The second kappa shape index (κ2) is 4.37. The zero-order valence-corrected chi connectivity index (χ0v) is 11.4. The highest BCUT2D eigenvalue weighted by atomic mass is 16.2. The summed E-state index contributed by atoms with van der Waals surface area (Å²) >= 11 is 0. The fraction of sp³-hybridized carbons (Fsp3) is 0.308. The molecule has 0 aliphatic carbocycles. The number of aromatic amines is 1. The lowest BCUT2D eigenvalue weighted by molar-refractivity contribution is 0.0500. The lowest BCUT2D eigenvalue weighted by Crippen LogP contribution is -2.50. The Bertz CT molecular complexity index is 801. The molecule has 4 rings (SSSR count). The first kappa shape index (κ1) is 12.0. The van der Waals surface area contributed by atoms with Crippen LogP contribution in [0.5, 0.6) is 0 Å². The number of hydrogen-bond acceptors (Lipinski definition) is 5. The van der Waals surface area contributed by atoms with E-state index in [1.807, 2.05) is 13.1 Å². The third-order valence-electron chi connectivity index (χ3n) is 3.71. The van der Waals surface area contributed by atoms with Crippen LogP contribution in [0.4, 0.5) is 0 Å². The van der Waals surface area contributed by atoms with Crippen molar-refractivity contribution in [1.29, 1.82) is 0 Å². The fourth-order valence-corrected chi connectivity index (χ4v) is 2.58. The Balaban J connectivity index is 1.58. The Morgan fingerprint density at radius 2 is 2.24 bits per heavy atom. The van der Waals surface area contributed by atoms with Crippen molar-refractivity contribution in [2.24, 2.45) is 0 Å². The molecule has 0 bridgehead atoms. The Hall–Kier alpha value is -2.77. The molecule has 3 aromatic rings. The summed E-state index contributed by atoms with van der Waals surface area (Å²) in [6.07, 6.45) is 5.07. The van der Waals surface area contributed by atoms with Gasteiger partial charge in [-0.2, -0.15) is 0 Å². The summed E-state index contributed by atoms with van der Waals surface area (Å²) in [5, 5.41) is 7.75. The quantitative estimate of drug-likeness (QED) is 0.741. The highest BCUT2D eigenvalue weighted by Crippen LogP contribution is 2.24. The third-order valence-corrected chi connectivity index (χ3v) is 3.71. The number of nitrogens with one attached hydrogen (secondary N) is 1. The lowest BCUT2D eigenvalue weighted by Gasteiger charge is -2.38. The first-order valence-corrected chi connectivity index (χ1v) is 6.69. The van der Waals surface area contributed by atoms with E-state index in [9.17, 15) is 4.79 Å². The number of nitrogens with zero attached hydrogens (tertiary/aromatic N) is 6. The maximum Gasteiger partial charge on any atom is 0.256 e. The molecule has 0 aromatic carbocycles. The molecule has 0 radical (unpaired) electrons. The van der Waals surface area contributed by atoms with E-state index >= 15 is 0 Å². The lowest BCUT2D eigenvalue weighted by atomic mass is 10.1.